The lowest BCUT2D eigenvalue weighted by Gasteiger charge is -2.33. The summed E-state index contributed by atoms with van der Waals surface area (Å²) in [4.78, 5) is 7.46. The van der Waals surface area contributed by atoms with Crippen molar-refractivity contribution in [2.75, 3.05) is 13.1 Å². The van der Waals surface area contributed by atoms with Crippen molar-refractivity contribution in [1.82, 2.24) is 9.88 Å². The highest BCUT2D eigenvalue weighted by Gasteiger charge is 2.28. The molecule has 0 saturated carbocycles. The molecule has 0 bridgehead atoms. The number of hydrogen-bond donors (Lipinski definition) is 1. The minimum atomic E-state index is -0.357. The molecule has 0 spiro atoms. The van der Waals surface area contributed by atoms with E-state index < -0.39 is 0 Å². The zero-order valence-electron chi connectivity index (χ0n) is 14.5. The first-order valence-corrected chi connectivity index (χ1v) is 8.25. The van der Waals surface area contributed by atoms with Crippen molar-refractivity contribution in [1.29, 1.82) is 0 Å². The summed E-state index contributed by atoms with van der Waals surface area (Å²) >= 11 is 0. The first-order chi connectivity index (χ1) is 10.3. The molecular formula is C19H27N3. The Morgan fingerprint density at radius 1 is 1.23 bits per heavy atom. The number of aryl methyl sites for hydroxylation is 2. The highest BCUT2D eigenvalue weighted by Crippen LogP contribution is 2.35. The Kier molecular flexibility index (Phi) is 3.74. The van der Waals surface area contributed by atoms with Crippen molar-refractivity contribution >= 4 is 10.9 Å². The highest BCUT2D eigenvalue weighted by atomic mass is 15.1. The molecule has 0 saturated heterocycles. The SMILES string of the molecule is CCN1CCc2nc3cc(C)c(C)cc3c(C(C)(C)N)c2C1. The fourth-order valence-electron chi connectivity index (χ4n) is 3.56. The Morgan fingerprint density at radius 3 is 2.55 bits per heavy atom. The van der Waals surface area contributed by atoms with Gasteiger partial charge in [-0.25, -0.2) is 0 Å². The van der Waals surface area contributed by atoms with Crippen LogP contribution >= 0.6 is 0 Å². The standard InChI is InChI=1S/C19H27N3/c1-6-22-8-7-16-15(11-22)18(19(4,5)20)14-9-12(2)13(3)10-17(14)21-16/h9-10H,6-8,11,20H2,1-5H3. The van der Waals surface area contributed by atoms with E-state index in [1.165, 1.54) is 33.3 Å². The van der Waals surface area contributed by atoms with Gasteiger partial charge in [-0.05, 0) is 68.6 Å². The topological polar surface area (TPSA) is 42.2 Å². The van der Waals surface area contributed by atoms with Crippen LogP contribution in [-0.4, -0.2) is 23.0 Å². The first-order valence-electron chi connectivity index (χ1n) is 8.25. The molecule has 2 N–H and O–H groups in total. The van der Waals surface area contributed by atoms with Gasteiger partial charge in [0.2, 0.25) is 0 Å². The van der Waals surface area contributed by atoms with Crippen LogP contribution in [0.15, 0.2) is 12.1 Å². The Morgan fingerprint density at radius 2 is 1.91 bits per heavy atom. The number of fused-ring (bicyclic) bond motifs is 2. The predicted molar refractivity (Wildman–Crippen MR) is 93.1 cm³/mol. The second kappa shape index (κ2) is 5.32. The van der Waals surface area contributed by atoms with Crippen LogP contribution < -0.4 is 5.73 Å². The predicted octanol–water partition coefficient (Wildman–Crippen LogP) is 3.42. The molecule has 0 fully saturated rings. The second-order valence-electron chi connectivity index (χ2n) is 7.21. The van der Waals surface area contributed by atoms with Gasteiger partial charge in [-0.2, -0.15) is 0 Å². The number of aromatic nitrogens is 1. The molecule has 0 atom stereocenters. The Labute approximate surface area is 133 Å². The smallest absolute Gasteiger partial charge is 0.0711 e. The molecule has 3 nitrogen and oxygen atoms in total. The largest absolute Gasteiger partial charge is 0.322 e. The molecule has 22 heavy (non-hydrogen) atoms. The van der Waals surface area contributed by atoms with Gasteiger partial charge in [-0.1, -0.05) is 6.92 Å². The van der Waals surface area contributed by atoms with E-state index in [-0.39, 0.29) is 5.54 Å². The van der Waals surface area contributed by atoms with Crippen molar-refractivity contribution < 1.29 is 0 Å². The van der Waals surface area contributed by atoms with Crippen molar-refractivity contribution in [3.8, 4) is 0 Å². The zero-order valence-corrected chi connectivity index (χ0v) is 14.5. The van der Waals surface area contributed by atoms with Crippen LogP contribution in [-0.2, 0) is 18.5 Å². The van der Waals surface area contributed by atoms with Gasteiger partial charge in [-0.15, -0.1) is 0 Å². The van der Waals surface area contributed by atoms with Crippen molar-refractivity contribution in [3.63, 3.8) is 0 Å². The fraction of sp³-hybridized carbons (Fsp3) is 0.526. The van der Waals surface area contributed by atoms with E-state index in [4.69, 9.17) is 10.7 Å². The molecule has 0 amide bonds. The van der Waals surface area contributed by atoms with Gasteiger partial charge in [0.1, 0.15) is 0 Å². The lowest BCUT2D eigenvalue weighted by molar-refractivity contribution is 0.263. The van der Waals surface area contributed by atoms with Crippen LogP contribution in [0.4, 0.5) is 0 Å². The fourth-order valence-corrected chi connectivity index (χ4v) is 3.56. The maximum Gasteiger partial charge on any atom is 0.0711 e. The third-order valence-corrected chi connectivity index (χ3v) is 4.93. The summed E-state index contributed by atoms with van der Waals surface area (Å²) in [5.41, 5.74) is 13.8. The van der Waals surface area contributed by atoms with Gasteiger partial charge < -0.3 is 5.73 Å². The van der Waals surface area contributed by atoms with Crippen LogP contribution in [0.1, 0.15) is 48.7 Å². The van der Waals surface area contributed by atoms with E-state index in [0.717, 1.165) is 31.6 Å². The average molecular weight is 297 g/mol. The zero-order chi connectivity index (χ0) is 16.1. The molecule has 0 aliphatic carbocycles. The molecule has 3 rings (SSSR count). The van der Waals surface area contributed by atoms with Gasteiger partial charge in [-0.3, -0.25) is 9.88 Å². The van der Waals surface area contributed by atoms with Gasteiger partial charge in [0.25, 0.3) is 0 Å². The molecule has 0 unspecified atom stereocenters. The number of hydrogen-bond acceptors (Lipinski definition) is 3. The van der Waals surface area contributed by atoms with E-state index in [2.05, 4.69) is 51.7 Å². The number of likely N-dealkylation sites (N-methyl/N-ethyl adjacent to an activating group) is 1. The number of nitrogens with two attached hydrogens (primary N) is 1. The quantitative estimate of drug-likeness (QED) is 0.923. The third-order valence-electron chi connectivity index (χ3n) is 4.93. The number of rotatable bonds is 2. The van der Waals surface area contributed by atoms with E-state index in [1.54, 1.807) is 0 Å². The summed E-state index contributed by atoms with van der Waals surface area (Å²) in [6, 6.07) is 4.49. The number of nitrogens with zero attached hydrogens (tertiary/aromatic N) is 2. The summed E-state index contributed by atoms with van der Waals surface area (Å²) in [5.74, 6) is 0. The second-order valence-corrected chi connectivity index (χ2v) is 7.21. The molecule has 118 valence electrons. The van der Waals surface area contributed by atoms with E-state index in [1.807, 2.05) is 0 Å². The molecule has 2 aromatic rings. The highest BCUT2D eigenvalue weighted by molar-refractivity contribution is 5.86. The first kappa shape index (κ1) is 15.4. The minimum Gasteiger partial charge on any atom is -0.322 e. The lowest BCUT2D eigenvalue weighted by Crippen LogP contribution is -2.36. The Hall–Kier alpha value is -1.45. The summed E-state index contributed by atoms with van der Waals surface area (Å²) < 4.78 is 0. The number of benzene rings is 1. The minimum absolute atomic E-state index is 0.357. The molecule has 0 radical (unpaired) electrons. The molecule has 1 aliphatic heterocycles. The molecule has 1 aromatic carbocycles. The van der Waals surface area contributed by atoms with Gasteiger partial charge in [0, 0.05) is 36.1 Å². The van der Waals surface area contributed by atoms with Gasteiger partial charge in [0.05, 0.1) is 5.52 Å². The van der Waals surface area contributed by atoms with E-state index >= 15 is 0 Å². The van der Waals surface area contributed by atoms with Crippen LogP contribution in [0.2, 0.25) is 0 Å². The molecule has 3 heteroatoms. The maximum absolute atomic E-state index is 6.58. The monoisotopic (exact) mass is 297 g/mol. The molecule has 1 aromatic heterocycles. The number of pyridine rings is 1. The Balaban J connectivity index is 2.35. The normalized spacial score (nSPS) is 16.1. The van der Waals surface area contributed by atoms with Crippen LogP contribution in [0.3, 0.4) is 0 Å². The third kappa shape index (κ3) is 2.53. The van der Waals surface area contributed by atoms with Crippen LogP contribution in [0.5, 0.6) is 0 Å². The summed E-state index contributed by atoms with van der Waals surface area (Å²) in [7, 11) is 0. The average Bonchev–Trinajstić information content (AvgIpc) is 2.44. The van der Waals surface area contributed by atoms with Crippen molar-refractivity contribution in [3.05, 3.63) is 40.1 Å². The van der Waals surface area contributed by atoms with Crippen LogP contribution in [0, 0.1) is 13.8 Å². The van der Waals surface area contributed by atoms with E-state index in [9.17, 15) is 0 Å². The van der Waals surface area contributed by atoms with Crippen molar-refractivity contribution in [2.24, 2.45) is 5.73 Å². The van der Waals surface area contributed by atoms with Crippen molar-refractivity contribution in [2.45, 2.75) is 53.1 Å². The van der Waals surface area contributed by atoms with Gasteiger partial charge >= 0.3 is 0 Å². The molecular weight excluding hydrogens is 270 g/mol. The maximum atomic E-state index is 6.58. The van der Waals surface area contributed by atoms with Gasteiger partial charge in [0.15, 0.2) is 0 Å². The Bertz CT molecular complexity index is 726. The summed E-state index contributed by atoms with van der Waals surface area (Å²) in [6.45, 7) is 13.9. The van der Waals surface area contributed by atoms with E-state index in [0.29, 0.717) is 0 Å². The summed E-state index contributed by atoms with van der Waals surface area (Å²) in [5, 5.41) is 1.23. The lowest BCUT2D eigenvalue weighted by atomic mass is 9.84. The molecule has 1 aliphatic rings. The molecule has 2 heterocycles. The summed E-state index contributed by atoms with van der Waals surface area (Å²) in [6.07, 6.45) is 1.02. The van der Waals surface area contributed by atoms with Crippen LogP contribution in [0.25, 0.3) is 10.9 Å².